The Morgan fingerprint density at radius 3 is 2.64 bits per heavy atom. The molecule has 4 nitrogen and oxygen atoms in total. The maximum atomic E-state index is 12.0. The Labute approximate surface area is 138 Å². The van der Waals surface area contributed by atoms with Crippen molar-refractivity contribution in [1.29, 1.82) is 0 Å². The van der Waals surface area contributed by atoms with Gasteiger partial charge in [-0.15, -0.1) is 0 Å². The molecule has 0 aliphatic heterocycles. The van der Waals surface area contributed by atoms with E-state index >= 15 is 0 Å². The first-order valence-corrected chi connectivity index (χ1v) is 9.93. The number of carboxylic acid groups (broad SMARTS) is 1. The molecule has 1 aliphatic rings. The molecule has 120 valence electrons. The number of amides is 1. The summed E-state index contributed by atoms with van der Waals surface area (Å²) in [5.74, 6) is 1.48. The van der Waals surface area contributed by atoms with Gasteiger partial charge in [-0.2, -0.15) is 0 Å². The number of benzene rings is 1. The minimum atomic E-state index is -0.764. The first-order chi connectivity index (χ1) is 10.7. The Morgan fingerprint density at radius 1 is 1.18 bits per heavy atom. The lowest BCUT2D eigenvalue weighted by Crippen LogP contribution is -2.27. The maximum absolute atomic E-state index is 12.0. The predicted molar refractivity (Wildman–Crippen MR) is 91.9 cm³/mol. The Kier molecular flexibility index (Phi) is 7.12. The Balaban J connectivity index is 1.51. The van der Waals surface area contributed by atoms with Gasteiger partial charge in [-0.1, -0.05) is 51.9 Å². The second-order valence-corrected chi connectivity index (χ2v) is 8.07. The summed E-state index contributed by atoms with van der Waals surface area (Å²) >= 11 is 0. The second kappa shape index (κ2) is 9.10. The fraction of sp³-hybridized carbons (Fsp3) is 0.500. The van der Waals surface area contributed by atoms with Crippen molar-refractivity contribution in [2.24, 2.45) is 11.8 Å². The fourth-order valence-corrected chi connectivity index (χ4v) is 4.19. The van der Waals surface area contributed by atoms with E-state index in [-0.39, 0.29) is 18.2 Å². The summed E-state index contributed by atoms with van der Waals surface area (Å²) in [6.45, 7) is 0.651. The molecular weight excluding hydrogens is 318 g/mol. The molecule has 0 aromatic heterocycles. The molecule has 1 fully saturated rings. The van der Waals surface area contributed by atoms with E-state index in [9.17, 15) is 9.59 Å². The SMILES string of the molecule is O=C(O)CCSSCCNC(=O)C1CC1Cc1ccccc1. The highest BCUT2D eigenvalue weighted by Crippen LogP contribution is 2.41. The van der Waals surface area contributed by atoms with Crippen LogP contribution in [0, 0.1) is 11.8 Å². The minimum absolute atomic E-state index is 0.164. The Morgan fingerprint density at radius 2 is 1.91 bits per heavy atom. The van der Waals surface area contributed by atoms with Crippen LogP contribution in [0.15, 0.2) is 30.3 Å². The quantitative estimate of drug-likeness (QED) is 0.507. The monoisotopic (exact) mass is 339 g/mol. The summed E-state index contributed by atoms with van der Waals surface area (Å²) in [6, 6.07) is 10.3. The third kappa shape index (κ3) is 6.32. The summed E-state index contributed by atoms with van der Waals surface area (Å²) in [4.78, 5) is 22.3. The van der Waals surface area contributed by atoms with Crippen LogP contribution in [0.5, 0.6) is 0 Å². The topological polar surface area (TPSA) is 66.4 Å². The third-order valence-corrected chi connectivity index (χ3v) is 5.98. The molecule has 1 aromatic rings. The Hall–Kier alpha value is -1.14. The number of nitrogens with one attached hydrogen (secondary N) is 1. The van der Waals surface area contributed by atoms with Crippen LogP contribution in [0.4, 0.5) is 0 Å². The number of hydrogen-bond donors (Lipinski definition) is 2. The van der Waals surface area contributed by atoms with Gasteiger partial charge >= 0.3 is 5.97 Å². The number of carboxylic acids is 1. The van der Waals surface area contributed by atoms with Crippen LogP contribution in [0.2, 0.25) is 0 Å². The van der Waals surface area contributed by atoms with Gasteiger partial charge in [0.15, 0.2) is 0 Å². The number of aliphatic carboxylic acids is 1. The molecule has 1 saturated carbocycles. The summed E-state index contributed by atoms with van der Waals surface area (Å²) < 4.78 is 0. The van der Waals surface area contributed by atoms with E-state index in [0.29, 0.717) is 18.2 Å². The highest BCUT2D eigenvalue weighted by atomic mass is 33.1. The van der Waals surface area contributed by atoms with Gasteiger partial charge in [0, 0.05) is 24.0 Å². The predicted octanol–water partition coefficient (Wildman–Crippen LogP) is 2.84. The molecule has 22 heavy (non-hydrogen) atoms. The zero-order valence-electron chi connectivity index (χ0n) is 12.4. The molecule has 2 N–H and O–H groups in total. The van der Waals surface area contributed by atoms with Crippen LogP contribution in [0.1, 0.15) is 18.4 Å². The molecule has 0 spiro atoms. The molecule has 0 heterocycles. The number of hydrogen-bond acceptors (Lipinski definition) is 4. The van der Waals surface area contributed by atoms with Gasteiger partial charge in [0.2, 0.25) is 5.91 Å². The van der Waals surface area contributed by atoms with Crippen LogP contribution in [0.3, 0.4) is 0 Å². The van der Waals surface area contributed by atoms with Gasteiger partial charge in [0.25, 0.3) is 0 Å². The first-order valence-electron chi connectivity index (χ1n) is 7.44. The average molecular weight is 339 g/mol. The maximum Gasteiger partial charge on any atom is 0.304 e. The van der Waals surface area contributed by atoms with Gasteiger partial charge in [-0.05, 0) is 24.3 Å². The lowest BCUT2D eigenvalue weighted by molar-refractivity contribution is -0.136. The van der Waals surface area contributed by atoms with Crippen molar-refractivity contribution in [3.05, 3.63) is 35.9 Å². The standard InChI is InChI=1S/C16H21NO3S2/c18-15(19)6-8-21-22-9-7-17-16(20)14-11-13(14)10-12-4-2-1-3-5-12/h1-5,13-14H,6-11H2,(H,17,20)(H,18,19). The molecule has 1 aliphatic carbocycles. The molecule has 2 rings (SSSR count). The van der Waals surface area contributed by atoms with E-state index in [0.717, 1.165) is 18.6 Å². The molecule has 1 amide bonds. The number of carbonyl (C=O) groups excluding carboxylic acids is 1. The number of carbonyl (C=O) groups is 2. The van der Waals surface area contributed by atoms with E-state index in [1.54, 1.807) is 21.6 Å². The zero-order chi connectivity index (χ0) is 15.8. The van der Waals surface area contributed by atoms with Crippen molar-refractivity contribution in [3.8, 4) is 0 Å². The van der Waals surface area contributed by atoms with Gasteiger partial charge in [0.1, 0.15) is 0 Å². The molecule has 0 radical (unpaired) electrons. The van der Waals surface area contributed by atoms with Crippen molar-refractivity contribution < 1.29 is 14.7 Å². The van der Waals surface area contributed by atoms with Crippen molar-refractivity contribution in [3.63, 3.8) is 0 Å². The summed E-state index contributed by atoms with van der Waals surface area (Å²) in [7, 11) is 3.16. The van der Waals surface area contributed by atoms with E-state index in [4.69, 9.17) is 5.11 Å². The normalized spacial score (nSPS) is 19.6. The van der Waals surface area contributed by atoms with E-state index in [2.05, 4.69) is 17.4 Å². The molecule has 0 saturated heterocycles. The average Bonchev–Trinajstić information content (AvgIpc) is 3.26. The van der Waals surface area contributed by atoms with Crippen LogP contribution >= 0.6 is 21.6 Å². The summed E-state index contributed by atoms with van der Waals surface area (Å²) in [5, 5.41) is 11.5. The minimum Gasteiger partial charge on any atom is -0.481 e. The molecule has 6 heteroatoms. The second-order valence-electron chi connectivity index (χ2n) is 5.37. The summed E-state index contributed by atoms with van der Waals surface area (Å²) in [5.41, 5.74) is 1.30. The van der Waals surface area contributed by atoms with E-state index < -0.39 is 5.97 Å². The van der Waals surface area contributed by atoms with E-state index in [1.165, 1.54) is 5.56 Å². The van der Waals surface area contributed by atoms with Crippen molar-refractivity contribution in [2.45, 2.75) is 19.3 Å². The van der Waals surface area contributed by atoms with Crippen LogP contribution < -0.4 is 5.32 Å². The highest BCUT2D eigenvalue weighted by molar-refractivity contribution is 8.76. The molecule has 2 unspecified atom stereocenters. The molecule has 1 aromatic carbocycles. The van der Waals surface area contributed by atoms with Crippen LogP contribution in [-0.4, -0.2) is 35.0 Å². The zero-order valence-corrected chi connectivity index (χ0v) is 14.0. The van der Waals surface area contributed by atoms with Crippen molar-refractivity contribution >= 4 is 33.5 Å². The fourth-order valence-electron chi connectivity index (χ4n) is 2.30. The van der Waals surface area contributed by atoms with Gasteiger partial charge in [0.05, 0.1) is 6.42 Å². The largest absolute Gasteiger partial charge is 0.481 e. The van der Waals surface area contributed by atoms with Crippen LogP contribution in [-0.2, 0) is 16.0 Å². The van der Waals surface area contributed by atoms with Gasteiger partial charge < -0.3 is 10.4 Å². The lowest BCUT2D eigenvalue weighted by Gasteiger charge is -2.04. The van der Waals surface area contributed by atoms with E-state index in [1.807, 2.05) is 18.2 Å². The van der Waals surface area contributed by atoms with Crippen molar-refractivity contribution in [1.82, 2.24) is 5.32 Å². The highest BCUT2D eigenvalue weighted by Gasteiger charge is 2.42. The molecule has 2 atom stereocenters. The van der Waals surface area contributed by atoms with Gasteiger partial charge in [-0.3, -0.25) is 9.59 Å². The molecule has 0 bridgehead atoms. The first kappa shape index (κ1) is 17.2. The smallest absolute Gasteiger partial charge is 0.304 e. The summed E-state index contributed by atoms with van der Waals surface area (Å²) in [6.07, 6.45) is 2.16. The third-order valence-electron chi connectivity index (χ3n) is 3.57. The lowest BCUT2D eigenvalue weighted by atomic mass is 10.1. The molecular formula is C16H21NO3S2. The Bertz CT molecular complexity index is 495. The number of rotatable bonds is 10. The van der Waals surface area contributed by atoms with Crippen LogP contribution in [0.25, 0.3) is 0 Å². The van der Waals surface area contributed by atoms with Crippen molar-refractivity contribution in [2.75, 3.05) is 18.1 Å². The van der Waals surface area contributed by atoms with Gasteiger partial charge in [-0.25, -0.2) is 0 Å².